The lowest BCUT2D eigenvalue weighted by atomic mass is 10.1. The van der Waals surface area contributed by atoms with Gasteiger partial charge in [0.15, 0.2) is 0 Å². The SMILES string of the molecule is CC[C@@H]1c2cccn2CCN1C(=O)c1cc(-c2ccccn2)n[nH]1. The number of pyridine rings is 1. The highest BCUT2D eigenvalue weighted by Gasteiger charge is 2.31. The second kappa shape index (κ2) is 5.96. The summed E-state index contributed by atoms with van der Waals surface area (Å²) in [6.45, 7) is 3.64. The summed E-state index contributed by atoms with van der Waals surface area (Å²) >= 11 is 0. The minimum absolute atomic E-state index is 0.0102. The van der Waals surface area contributed by atoms with Gasteiger partial charge in [0.1, 0.15) is 11.4 Å². The van der Waals surface area contributed by atoms with Crippen LogP contribution >= 0.6 is 0 Å². The molecular weight excluding hydrogens is 302 g/mol. The van der Waals surface area contributed by atoms with Crippen LogP contribution in [0.15, 0.2) is 48.8 Å². The summed E-state index contributed by atoms with van der Waals surface area (Å²) in [7, 11) is 0. The molecule has 0 aliphatic carbocycles. The van der Waals surface area contributed by atoms with E-state index in [-0.39, 0.29) is 11.9 Å². The van der Waals surface area contributed by atoms with Gasteiger partial charge in [-0.15, -0.1) is 0 Å². The van der Waals surface area contributed by atoms with Crippen molar-refractivity contribution in [3.05, 3.63) is 60.2 Å². The van der Waals surface area contributed by atoms with Crippen LogP contribution in [0.2, 0.25) is 0 Å². The van der Waals surface area contributed by atoms with E-state index in [0.29, 0.717) is 17.9 Å². The third-order valence-corrected chi connectivity index (χ3v) is 4.55. The summed E-state index contributed by atoms with van der Waals surface area (Å²) in [5, 5.41) is 7.12. The van der Waals surface area contributed by atoms with Crippen molar-refractivity contribution in [1.29, 1.82) is 0 Å². The zero-order valence-electron chi connectivity index (χ0n) is 13.5. The number of carbonyl (C=O) groups excluding carboxylic acids is 1. The lowest BCUT2D eigenvalue weighted by Crippen LogP contribution is -2.41. The number of fused-ring (bicyclic) bond motifs is 1. The lowest BCUT2D eigenvalue weighted by molar-refractivity contribution is 0.0611. The third-order valence-electron chi connectivity index (χ3n) is 4.55. The second-order valence-corrected chi connectivity index (χ2v) is 5.93. The minimum Gasteiger partial charge on any atom is -0.348 e. The van der Waals surface area contributed by atoms with Gasteiger partial charge >= 0.3 is 0 Å². The van der Waals surface area contributed by atoms with Crippen molar-refractivity contribution >= 4 is 5.91 Å². The third kappa shape index (κ3) is 2.40. The Labute approximate surface area is 140 Å². The molecule has 4 rings (SSSR count). The Kier molecular flexibility index (Phi) is 3.65. The second-order valence-electron chi connectivity index (χ2n) is 5.93. The number of hydrogen-bond donors (Lipinski definition) is 1. The van der Waals surface area contributed by atoms with E-state index < -0.39 is 0 Å². The predicted octanol–water partition coefficient (Wildman–Crippen LogP) is 2.88. The molecule has 24 heavy (non-hydrogen) atoms. The van der Waals surface area contributed by atoms with Crippen molar-refractivity contribution < 1.29 is 4.79 Å². The van der Waals surface area contributed by atoms with Crippen LogP contribution in [0, 0.1) is 0 Å². The topological polar surface area (TPSA) is 66.8 Å². The molecule has 0 fully saturated rings. The van der Waals surface area contributed by atoms with Gasteiger partial charge in [-0.2, -0.15) is 5.10 Å². The van der Waals surface area contributed by atoms with Crippen LogP contribution in [0.3, 0.4) is 0 Å². The van der Waals surface area contributed by atoms with Crippen molar-refractivity contribution in [1.82, 2.24) is 24.6 Å². The maximum atomic E-state index is 13.0. The molecule has 3 aromatic rings. The number of aromatic nitrogens is 4. The molecular formula is C18H19N5O. The van der Waals surface area contributed by atoms with E-state index in [1.165, 1.54) is 5.69 Å². The maximum Gasteiger partial charge on any atom is 0.272 e. The van der Waals surface area contributed by atoms with E-state index in [1.54, 1.807) is 12.3 Å². The van der Waals surface area contributed by atoms with Gasteiger partial charge in [0.2, 0.25) is 0 Å². The smallest absolute Gasteiger partial charge is 0.272 e. The van der Waals surface area contributed by atoms with E-state index >= 15 is 0 Å². The molecule has 1 aliphatic heterocycles. The maximum absolute atomic E-state index is 13.0. The molecule has 6 heteroatoms. The lowest BCUT2D eigenvalue weighted by Gasteiger charge is -2.36. The summed E-state index contributed by atoms with van der Waals surface area (Å²) in [6.07, 6.45) is 4.68. The number of aromatic amines is 1. The van der Waals surface area contributed by atoms with E-state index in [0.717, 1.165) is 18.7 Å². The fourth-order valence-corrected chi connectivity index (χ4v) is 3.37. The zero-order valence-corrected chi connectivity index (χ0v) is 13.5. The van der Waals surface area contributed by atoms with Crippen LogP contribution in [0.4, 0.5) is 0 Å². The normalized spacial score (nSPS) is 16.9. The average Bonchev–Trinajstić information content (AvgIpc) is 3.30. The molecule has 3 aromatic heterocycles. The first-order valence-corrected chi connectivity index (χ1v) is 8.20. The van der Waals surface area contributed by atoms with Gasteiger partial charge in [-0.05, 0) is 36.8 Å². The number of hydrogen-bond acceptors (Lipinski definition) is 3. The Morgan fingerprint density at radius 2 is 2.17 bits per heavy atom. The number of rotatable bonds is 3. The zero-order chi connectivity index (χ0) is 16.5. The van der Waals surface area contributed by atoms with Crippen molar-refractivity contribution in [2.45, 2.75) is 25.9 Å². The van der Waals surface area contributed by atoms with Crippen molar-refractivity contribution in [2.75, 3.05) is 6.54 Å². The first-order chi connectivity index (χ1) is 11.8. The van der Waals surface area contributed by atoms with Gasteiger partial charge in [-0.25, -0.2) is 0 Å². The first kappa shape index (κ1) is 14.7. The van der Waals surface area contributed by atoms with Crippen LogP contribution in [0.5, 0.6) is 0 Å². The van der Waals surface area contributed by atoms with Gasteiger partial charge < -0.3 is 9.47 Å². The number of nitrogens with one attached hydrogen (secondary N) is 1. The Morgan fingerprint density at radius 1 is 1.25 bits per heavy atom. The summed E-state index contributed by atoms with van der Waals surface area (Å²) in [5.41, 5.74) is 3.15. The number of carbonyl (C=O) groups is 1. The highest BCUT2D eigenvalue weighted by molar-refractivity contribution is 5.93. The standard InChI is InChI=1S/C18H19N5O/c1-2-16-17-7-5-9-22(17)10-11-23(16)18(24)15-12-14(20-21-15)13-6-3-4-8-19-13/h3-9,12,16H,2,10-11H2,1H3,(H,20,21)/t16-/m1/s1. The van der Waals surface area contributed by atoms with E-state index in [1.807, 2.05) is 29.2 Å². The van der Waals surface area contributed by atoms with Crippen LogP contribution in [0.25, 0.3) is 11.4 Å². The highest BCUT2D eigenvalue weighted by Crippen LogP contribution is 2.30. The highest BCUT2D eigenvalue weighted by atomic mass is 16.2. The van der Waals surface area contributed by atoms with Crippen molar-refractivity contribution in [3.8, 4) is 11.4 Å². The van der Waals surface area contributed by atoms with Crippen LogP contribution in [-0.2, 0) is 6.54 Å². The molecule has 1 aliphatic rings. The van der Waals surface area contributed by atoms with Gasteiger partial charge in [0.25, 0.3) is 5.91 Å². The molecule has 0 saturated carbocycles. The number of H-pyrrole nitrogens is 1. The fourth-order valence-electron chi connectivity index (χ4n) is 3.37. The Hall–Kier alpha value is -2.89. The molecule has 0 bridgehead atoms. The predicted molar refractivity (Wildman–Crippen MR) is 90.3 cm³/mol. The van der Waals surface area contributed by atoms with Crippen molar-refractivity contribution in [2.24, 2.45) is 0 Å². The summed E-state index contributed by atoms with van der Waals surface area (Å²) in [6, 6.07) is 11.7. The summed E-state index contributed by atoms with van der Waals surface area (Å²) < 4.78 is 2.23. The van der Waals surface area contributed by atoms with Gasteiger partial charge in [0, 0.05) is 31.2 Å². The van der Waals surface area contributed by atoms with Crippen LogP contribution in [0.1, 0.15) is 35.6 Å². The number of amides is 1. The van der Waals surface area contributed by atoms with Gasteiger partial charge in [0.05, 0.1) is 11.7 Å². The first-order valence-electron chi connectivity index (χ1n) is 8.20. The quantitative estimate of drug-likeness (QED) is 0.806. The monoisotopic (exact) mass is 321 g/mol. The number of nitrogens with zero attached hydrogens (tertiary/aromatic N) is 4. The molecule has 0 radical (unpaired) electrons. The van der Waals surface area contributed by atoms with E-state index in [2.05, 4.69) is 38.9 Å². The van der Waals surface area contributed by atoms with E-state index in [4.69, 9.17) is 0 Å². The molecule has 1 atom stereocenters. The fraction of sp³-hybridized carbons (Fsp3) is 0.278. The Morgan fingerprint density at radius 3 is 2.96 bits per heavy atom. The summed E-state index contributed by atoms with van der Waals surface area (Å²) in [4.78, 5) is 19.2. The molecule has 6 nitrogen and oxygen atoms in total. The van der Waals surface area contributed by atoms with Crippen molar-refractivity contribution in [3.63, 3.8) is 0 Å². The Balaban J connectivity index is 1.61. The molecule has 1 N–H and O–H groups in total. The molecule has 4 heterocycles. The largest absolute Gasteiger partial charge is 0.348 e. The van der Waals surface area contributed by atoms with Gasteiger partial charge in [-0.3, -0.25) is 14.9 Å². The molecule has 0 unspecified atom stereocenters. The molecule has 0 saturated heterocycles. The minimum atomic E-state index is -0.0102. The van der Waals surface area contributed by atoms with E-state index in [9.17, 15) is 4.79 Å². The Bertz CT molecular complexity index is 851. The molecule has 0 spiro atoms. The molecule has 122 valence electrons. The van der Waals surface area contributed by atoms with Gasteiger partial charge in [-0.1, -0.05) is 13.0 Å². The van der Waals surface area contributed by atoms with Crippen LogP contribution in [-0.4, -0.2) is 37.1 Å². The summed E-state index contributed by atoms with van der Waals surface area (Å²) in [5.74, 6) is -0.0102. The average molecular weight is 321 g/mol. The molecule has 1 amide bonds. The van der Waals surface area contributed by atoms with Crippen LogP contribution < -0.4 is 0 Å². The molecule has 0 aromatic carbocycles.